The highest BCUT2D eigenvalue weighted by Crippen LogP contribution is 2.59. The summed E-state index contributed by atoms with van der Waals surface area (Å²) in [6.07, 6.45) is 9.64. The number of rotatable bonds is 7. The molecule has 3 rings (SSSR count). The molecule has 3 unspecified atom stereocenters. The zero-order chi connectivity index (χ0) is 14.1. The molecule has 0 amide bonds. The van der Waals surface area contributed by atoms with Gasteiger partial charge in [-0.05, 0) is 49.5 Å². The molecule has 1 aromatic heterocycles. The van der Waals surface area contributed by atoms with Crippen LogP contribution >= 0.6 is 0 Å². The Balaban J connectivity index is 1.62. The maximum Gasteiger partial charge on any atom is 0.0640 e. The van der Waals surface area contributed by atoms with Crippen molar-refractivity contribution in [1.82, 2.24) is 15.2 Å². The van der Waals surface area contributed by atoms with Crippen LogP contribution in [-0.4, -0.2) is 15.8 Å². The van der Waals surface area contributed by atoms with E-state index in [0.717, 1.165) is 37.0 Å². The fourth-order valence-corrected chi connectivity index (χ4v) is 4.36. The molecule has 3 N–H and O–H groups in total. The molecule has 1 heterocycles. The largest absolute Gasteiger partial charge is 0.271 e. The van der Waals surface area contributed by atoms with E-state index in [2.05, 4.69) is 36.2 Å². The van der Waals surface area contributed by atoms with Crippen molar-refractivity contribution in [2.24, 2.45) is 23.6 Å². The molecule has 0 spiro atoms. The van der Waals surface area contributed by atoms with Gasteiger partial charge < -0.3 is 0 Å². The van der Waals surface area contributed by atoms with Gasteiger partial charge in [-0.25, -0.2) is 0 Å². The van der Waals surface area contributed by atoms with E-state index in [1.165, 1.54) is 25.0 Å². The second-order valence-electron chi connectivity index (χ2n) is 6.57. The van der Waals surface area contributed by atoms with Crippen LogP contribution in [0.4, 0.5) is 0 Å². The monoisotopic (exact) mass is 276 g/mol. The fraction of sp³-hybridized carbons (Fsp3) is 0.812. The number of hydrazine groups is 1. The van der Waals surface area contributed by atoms with Gasteiger partial charge in [-0.3, -0.25) is 16.0 Å². The second-order valence-corrected chi connectivity index (χ2v) is 6.57. The molecule has 3 atom stereocenters. The zero-order valence-electron chi connectivity index (χ0n) is 12.8. The van der Waals surface area contributed by atoms with Crippen LogP contribution in [0.3, 0.4) is 0 Å². The molecule has 2 aliphatic rings. The van der Waals surface area contributed by atoms with Crippen molar-refractivity contribution in [2.45, 2.75) is 64.5 Å². The van der Waals surface area contributed by atoms with Crippen molar-refractivity contribution in [1.29, 1.82) is 0 Å². The molecular weight excluding hydrogens is 248 g/mol. The molecule has 0 radical (unpaired) electrons. The normalized spacial score (nSPS) is 29.7. The minimum atomic E-state index is 0.412. The standard InChI is InChI=1S/C16H28N4/c1-3-12(4-2)20-9-8-11(19-20)10-15(18-17)16-13-6-5-7-14(13)16/h8-9,12-16,18H,3-7,10,17H2,1-2H3. The molecule has 2 fully saturated rings. The van der Waals surface area contributed by atoms with E-state index < -0.39 is 0 Å². The SMILES string of the molecule is CCC(CC)n1ccc(CC(NN)C2C3CCCC32)n1. The predicted octanol–water partition coefficient (Wildman–Crippen LogP) is 2.66. The van der Waals surface area contributed by atoms with Crippen LogP contribution in [0, 0.1) is 17.8 Å². The minimum Gasteiger partial charge on any atom is -0.271 e. The lowest BCUT2D eigenvalue weighted by Crippen LogP contribution is -2.39. The Morgan fingerprint density at radius 1 is 1.35 bits per heavy atom. The van der Waals surface area contributed by atoms with Gasteiger partial charge in [0.05, 0.1) is 11.7 Å². The summed E-state index contributed by atoms with van der Waals surface area (Å²) in [6.45, 7) is 4.45. The minimum absolute atomic E-state index is 0.412. The van der Waals surface area contributed by atoms with Gasteiger partial charge in [0.1, 0.15) is 0 Å². The highest BCUT2D eigenvalue weighted by atomic mass is 15.3. The first-order valence-electron chi connectivity index (χ1n) is 8.28. The van der Waals surface area contributed by atoms with Crippen molar-refractivity contribution < 1.29 is 0 Å². The molecule has 0 saturated heterocycles. The average Bonchev–Trinajstić information content (AvgIpc) is 2.88. The van der Waals surface area contributed by atoms with Crippen molar-refractivity contribution in [2.75, 3.05) is 0 Å². The quantitative estimate of drug-likeness (QED) is 0.594. The molecular formula is C16H28N4. The molecule has 112 valence electrons. The van der Waals surface area contributed by atoms with Gasteiger partial charge in [0.25, 0.3) is 0 Å². The molecule has 2 saturated carbocycles. The maximum absolute atomic E-state index is 5.80. The van der Waals surface area contributed by atoms with Crippen molar-refractivity contribution >= 4 is 0 Å². The fourth-order valence-electron chi connectivity index (χ4n) is 4.36. The third-order valence-electron chi connectivity index (χ3n) is 5.56. The van der Waals surface area contributed by atoms with Gasteiger partial charge >= 0.3 is 0 Å². The first kappa shape index (κ1) is 14.1. The summed E-state index contributed by atoms with van der Waals surface area (Å²) in [5.74, 6) is 8.48. The number of nitrogens with one attached hydrogen (secondary N) is 1. The van der Waals surface area contributed by atoms with Crippen molar-refractivity contribution in [3.05, 3.63) is 18.0 Å². The van der Waals surface area contributed by atoms with E-state index in [4.69, 9.17) is 10.9 Å². The maximum atomic E-state index is 5.80. The molecule has 2 aliphatic carbocycles. The highest BCUT2D eigenvalue weighted by Gasteiger charge is 2.55. The average molecular weight is 276 g/mol. The molecule has 0 bridgehead atoms. The molecule has 4 heteroatoms. The lowest BCUT2D eigenvalue weighted by atomic mass is 10.0. The summed E-state index contributed by atoms with van der Waals surface area (Å²) < 4.78 is 2.14. The Kier molecular flexibility index (Phi) is 4.13. The number of nitrogens with two attached hydrogens (primary N) is 1. The van der Waals surface area contributed by atoms with Gasteiger partial charge in [-0.2, -0.15) is 5.10 Å². The number of nitrogens with zero attached hydrogens (tertiary/aromatic N) is 2. The van der Waals surface area contributed by atoms with E-state index in [1.54, 1.807) is 0 Å². The number of aromatic nitrogens is 2. The summed E-state index contributed by atoms with van der Waals surface area (Å²) in [5, 5.41) is 4.77. The smallest absolute Gasteiger partial charge is 0.0640 e. The summed E-state index contributed by atoms with van der Waals surface area (Å²) in [4.78, 5) is 0. The van der Waals surface area contributed by atoms with Gasteiger partial charge in [-0.15, -0.1) is 0 Å². The first-order chi connectivity index (χ1) is 9.78. The Labute approximate surface area is 122 Å². The van der Waals surface area contributed by atoms with Crippen LogP contribution in [0.1, 0.15) is 57.7 Å². The van der Waals surface area contributed by atoms with Gasteiger partial charge in [0, 0.05) is 18.7 Å². The van der Waals surface area contributed by atoms with E-state index >= 15 is 0 Å². The van der Waals surface area contributed by atoms with Crippen LogP contribution in [0.5, 0.6) is 0 Å². The van der Waals surface area contributed by atoms with Gasteiger partial charge in [-0.1, -0.05) is 20.3 Å². The van der Waals surface area contributed by atoms with E-state index in [-0.39, 0.29) is 0 Å². The van der Waals surface area contributed by atoms with E-state index in [1.807, 2.05) is 0 Å². The molecule has 0 aromatic carbocycles. The Morgan fingerprint density at radius 3 is 2.65 bits per heavy atom. The van der Waals surface area contributed by atoms with Gasteiger partial charge in [0.2, 0.25) is 0 Å². The first-order valence-corrected chi connectivity index (χ1v) is 8.28. The van der Waals surface area contributed by atoms with Crippen molar-refractivity contribution in [3.63, 3.8) is 0 Å². The van der Waals surface area contributed by atoms with Crippen LogP contribution in [-0.2, 0) is 6.42 Å². The van der Waals surface area contributed by atoms with E-state index in [9.17, 15) is 0 Å². The van der Waals surface area contributed by atoms with Crippen molar-refractivity contribution in [3.8, 4) is 0 Å². The number of fused-ring (bicyclic) bond motifs is 1. The summed E-state index contributed by atoms with van der Waals surface area (Å²) in [5.41, 5.74) is 4.24. The topological polar surface area (TPSA) is 55.9 Å². The molecule has 20 heavy (non-hydrogen) atoms. The third kappa shape index (κ3) is 2.51. The second kappa shape index (κ2) is 5.86. The Morgan fingerprint density at radius 2 is 2.05 bits per heavy atom. The molecule has 1 aromatic rings. The highest BCUT2D eigenvalue weighted by molar-refractivity contribution is 5.10. The molecule has 4 nitrogen and oxygen atoms in total. The summed E-state index contributed by atoms with van der Waals surface area (Å²) >= 11 is 0. The number of hydrogen-bond donors (Lipinski definition) is 2. The van der Waals surface area contributed by atoms with Crippen LogP contribution in [0.2, 0.25) is 0 Å². The lowest BCUT2D eigenvalue weighted by molar-refractivity contribution is 0.396. The summed E-state index contributed by atoms with van der Waals surface area (Å²) in [6, 6.07) is 3.12. The Bertz CT molecular complexity index is 427. The predicted molar refractivity (Wildman–Crippen MR) is 81.0 cm³/mol. The van der Waals surface area contributed by atoms with Crippen LogP contribution in [0.15, 0.2) is 12.3 Å². The van der Waals surface area contributed by atoms with Gasteiger partial charge in [0.15, 0.2) is 0 Å². The summed E-state index contributed by atoms with van der Waals surface area (Å²) in [7, 11) is 0. The molecule has 0 aliphatic heterocycles. The van der Waals surface area contributed by atoms with E-state index in [0.29, 0.717) is 12.1 Å². The third-order valence-corrected chi connectivity index (χ3v) is 5.56. The van der Waals surface area contributed by atoms with Crippen LogP contribution < -0.4 is 11.3 Å². The lowest BCUT2D eigenvalue weighted by Gasteiger charge is -2.17. The van der Waals surface area contributed by atoms with Crippen LogP contribution in [0.25, 0.3) is 0 Å². The number of hydrogen-bond acceptors (Lipinski definition) is 3. The Hall–Kier alpha value is -0.870. The zero-order valence-corrected chi connectivity index (χ0v) is 12.8.